The first-order valence-electron chi connectivity index (χ1n) is 4.82. The molecule has 0 bridgehead atoms. The van der Waals surface area contributed by atoms with Crippen LogP contribution in [-0.4, -0.2) is 28.2 Å². The highest BCUT2D eigenvalue weighted by Crippen LogP contribution is 2.12. The average Bonchev–Trinajstić information content (AvgIpc) is 2.54. The Kier molecular flexibility index (Phi) is 4.17. The first-order valence-corrected chi connectivity index (χ1v) is 5.19. The second-order valence-electron chi connectivity index (χ2n) is 3.42. The van der Waals surface area contributed by atoms with Crippen molar-refractivity contribution < 1.29 is 9.90 Å². The maximum Gasteiger partial charge on any atom is 0.268 e. The molecule has 15 heavy (non-hydrogen) atoms. The number of carbonyl (C=O) groups excluding carboxylic acids is 1. The summed E-state index contributed by atoms with van der Waals surface area (Å²) in [6.45, 7) is 1.85. The van der Waals surface area contributed by atoms with Gasteiger partial charge in [-0.25, -0.2) is 0 Å². The topological polar surface area (TPSA) is 54.3 Å². The van der Waals surface area contributed by atoms with Gasteiger partial charge < -0.3 is 15.0 Å². The summed E-state index contributed by atoms with van der Waals surface area (Å²) in [5.74, 6) is -0.217. The minimum Gasteiger partial charge on any atom is -0.394 e. The molecule has 0 aliphatic rings. The van der Waals surface area contributed by atoms with E-state index < -0.39 is 0 Å². The van der Waals surface area contributed by atoms with Crippen LogP contribution in [-0.2, 0) is 7.05 Å². The molecule has 0 aliphatic carbocycles. The van der Waals surface area contributed by atoms with E-state index in [2.05, 4.69) is 5.32 Å². The van der Waals surface area contributed by atoms with Crippen LogP contribution in [0.15, 0.2) is 12.3 Å². The van der Waals surface area contributed by atoms with Gasteiger partial charge in [-0.05, 0) is 12.5 Å². The van der Waals surface area contributed by atoms with Crippen molar-refractivity contribution >= 4 is 17.5 Å². The van der Waals surface area contributed by atoms with E-state index >= 15 is 0 Å². The van der Waals surface area contributed by atoms with Gasteiger partial charge >= 0.3 is 0 Å². The molecule has 1 heterocycles. The SMILES string of the molecule is CC[C@H](CO)NC(=O)c1cc(Cl)cn1C. The van der Waals surface area contributed by atoms with Gasteiger partial charge in [0.1, 0.15) is 5.69 Å². The van der Waals surface area contributed by atoms with Crippen LogP contribution in [0.4, 0.5) is 0 Å². The zero-order valence-electron chi connectivity index (χ0n) is 8.83. The highest BCUT2D eigenvalue weighted by molar-refractivity contribution is 6.31. The predicted octanol–water partition coefficient (Wildman–Crippen LogP) is 1.18. The van der Waals surface area contributed by atoms with Crippen LogP contribution >= 0.6 is 11.6 Å². The van der Waals surface area contributed by atoms with Crippen LogP contribution in [0.5, 0.6) is 0 Å². The molecule has 84 valence electrons. The van der Waals surface area contributed by atoms with E-state index in [9.17, 15) is 4.79 Å². The highest BCUT2D eigenvalue weighted by atomic mass is 35.5. The van der Waals surface area contributed by atoms with Crippen molar-refractivity contribution in [2.45, 2.75) is 19.4 Å². The van der Waals surface area contributed by atoms with Gasteiger partial charge in [0.15, 0.2) is 0 Å². The Morgan fingerprint density at radius 2 is 2.40 bits per heavy atom. The number of rotatable bonds is 4. The Bertz CT molecular complexity index is 345. The number of nitrogens with one attached hydrogen (secondary N) is 1. The van der Waals surface area contributed by atoms with Crippen molar-refractivity contribution in [1.29, 1.82) is 0 Å². The fourth-order valence-corrected chi connectivity index (χ4v) is 1.54. The number of amides is 1. The molecule has 0 fully saturated rings. The van der Waals surface area contributed by atoms with Crippen molar-refractivity contribution in [2.24, 2.45) is 7.05 Å². The van der Waals surface area contributed by atoms with Crippen molar-refractivity contribution in [1.82, 2.24) is 9.88 Å². The lowest BCUT2D eigenvalue weighted by molar-refractivity contribution is 0.0906. The predicted molar refractivity (Wildman–Crippen MR) is 59.1 cm³/mol. The Labute approximate surface area is 93.8 Å². The van der Waals surface area contributed by atoms with Gasteiger partial charge in [-0.1, -0.05) is 18.5 Å². The molecule has 1 rings (SSSR count). The lowest BCUT2D eigenvalue weighted by Gasteiger charge is -2.13. The molecule has 2 N–H and O–H groups in total. The number of aliphatic hydroxyl groups excluding tert-OH is 1. The molecule has 0 spiro atoms. The van der Waals surface area contributed by atoms with Gasteiger partial charge in [-0.15, -0.1) is 0 Å². The molecular formula is C10H15ClN2O2. The maximum absolute atomic E-state index is 11.7. The Balaban J connectivity index is 2.72. The quantitative estimate of drug-likeness (QED) is 0.816. The minimum atomic E-state index is -0.217. The molecule has 0 saturated carbocycles. The Hall–Kier alpha value is -1.00. The van der Waals surface area contributed by atoms with E-state index in [0.717, 1.165) is 0 Å². The molecule has 0 unspecified atom stereocenters. The summed E-state index contributed by atoms with van der Waals surface area (Å²) in [5, 5.41) is 12.2. The van der Waals surface area contributed by atoms with Crippen molar-refractivity contribution in [3.8, 4) is 0 Å². The van der Waals surface area contributed by atoms with Crippen LogP contribution in [0.2, 0.25) is 5.02 Å². The molecule has 1 aromatic rings. The third-order valence-electron chi connectivity index (χ3n) is 2.25. The second kappa shape index (κ2) is 5.19. The van der Waals surface area contributed by atoms with Gasteiger partial charge in [0.25, 0.3) is 5.91 Å². The summed E-state index contributed by atoms with van der Waals surface area (Å²) in [4.78, 5) is 11.7. The molecule has 0 aliphatic heterocycles. The molecule has 1 amide bonds. The third kappa shape index (κ3) is 2.97. The van der Waals surface area contributed by atoms with Gasteiger partial charge in [0.2, 0.25) is 0 Å². The van der Waals surface area contributed by atoms with Crippen LogP contribution < -0.4 is 5.32 Å². The molecule has 0 aromatic carbocycles. The summed E-state index contributed by atoms with van der Waals surface area (Å²) in [6, 6.07) is 1.40. The number of halogens is 1. The molecule has 0 saturated heterocycles. The molecule has 4 nitrogen and oxygen atoms in total. The number of nitrogens with zero attached hydrogens (tertiary/aromatic N) is 1. The molecule has 5 heteroatoms. The van der Waals surface area contributed by atoms with Crippen LogP contribution in [0.25, 0.3) is 0 Å². The van der Waals surface area contributed by atoms with E-state index in [4.69, 9.17) is 16.7 Å². The number of aromatic nitrogens is 1. The number of hydrogen-bond acceptors (Lipinski definition) is 2. The first kappa shape index (κ1) is 12.1. The summed E-state index contributed by atoms with van der Waals surface area (Å²) in [6.07, 6.45) is 2.36. The van der Waals surface area contributed by atoms with E-state index in [0.29, 0.717) is 17.1 Å². The van der Waals surface area contributed by atoms with Gasteiger partial charge in [-0.2, -0.15) is 0 Å². The number of aliphatic hydroxyl groups is 1. The maximum atomic E-state index is 11.7. The second-order valence-corrected chi connectivity index (χ2v) is 3.85. The zero-order valence-corrected chi connectivity index (χ0v) is 9.58. The third-order valence-corrected chi connectivity index (χ3v) is 2.46. The Morgan fingerprint density at radius 3 is 2.80 bits per heavy atom. The van der Waals surface area contributed by atoms with Gasteiger partial charge in [0, 0.05) is 13.2 Å². The standard InChI is InChI=1S/C10H15ClN2O2/c1-3-8(6-14)12-10(15)9-4-7(11)5-13(9)2/h4-5,8,14H,3,6H2,1-2H3,(H,12,15)/t8-/m1/s1. The Morgan fingerprint density at radius 1 is 1.73 bits per heavy atom. The summed E-state index contributed by atoms with van der Waals surface area (Å²) < 4.78 is 1.65. The van der Waals surface area contributed by atoms with E-state index in [-0.39, 0.29) is 18.6 Å². The van der Waals surface area contributed by atoms with Crippen molar-refractivity contribution in [3.63, 3.8) is 0 Å². The van der Waals surface area contributed by atoms with E-state index in [1.807, 2.05) is 6.92 Å². The molecule has 1 atom stereocenters. The van der Waals surface area contributed by atoms with Crippen molar-refractivity contribution in [3.05, 3.63) is 23.0 Å². The highest BCUT2D eigenvalue weighted by Gasteiger charge is 2.14. The normalized spacial score (nSPS) is 12.5. The van der Waals surface area contributed by atoms with E-state index in [1.54, 1.807) is 23.9 Å². The monoisotopic (exact) mass is 230 g/mol. The number of hydrogen-bond donors (Lipinski definition) is 2. The number of carbonyl (C=O) groups is 1. The largest absolute Gasteiger partial charge is 0.394 e. The minimum absolute atomic E-state index is 0.0552. The van der Waals surface area contributed by atoms with Gasteiger partial charge in [0.05, 0.1) is 17.7 Å². The van der Waals surface area contributed by atoms with Crippen LogP contribution in [0.3, 0.4) is 0 Å². The molecular weight excluding hydrogens is 216 g/mol. The van der Waals surface area contributed by atoms with Crippen LogP contribution in [0.1, 0.15) is 23.8 Å². The fourth-order valence-electron chi connectivity index (χ4n) is 1.29. The lowest BCUT2D eigenvalue weighted by Crippen LogP contribution is -2.37. The summed E-state index contributed by atoms with van der Waals surface area (Å²) in [5.41, 5.74) is 0.493. The molecule has 1 aromatic heterocycles. The smallest absolute Gasteiger partial charge is 0.268 e. The average molecular weight is 231 g/mol. The van der Waals surface area contributed by atoms with Crippen LogP contribution in [0, 0.1) is 0 Å². The molecule has 0 radical (unpaired) electrons. The fraction of sp³-hybridized carbons (Fsp3) is 0.500. The zero-order chi connectivity index (χ0) is 11.4. The van der Waals surface area contributed by atoms with E-state index in [1.165, 1.54) is 0 Å². The first-order chi connectivity index (χ1) is 7.08. The summed E-state index contributed by atoms with van der Waals surface area (Å²) in [7, 11) is 1.75. The lowest BCUT2D eigenvalue weighted by atomic mass is 10.2. The van der Waals surface area contributed by atoms with Gasteiger partial charge in [-0.3, -0.25) is 4.79 Å². The van der Waals surface area contributed by atoms with Crippen molar-refractivity contribution in [2.75, 3.05) is 6.61 Å². The summed E-state index contributed by atoms with van der Waals surface area (Å²) >= 11 is 5.76. The number of aryl methyl sites for hydroxylation is 1.